The van der Waals surface area contributed by atoms with E-state index in [2.05, 4.69) is 39.1 Å². The third kappa shape index (κ3) is 3.83. The monoisotopic (exact) mass is 465 g/mol. The number of carbonyl (C=O) groups is 1. The number of hydrogen-bond donors (Lipinski definition) is 2. The lowest BCUT2D eigenvalue weighted by Crippen LogP contribution is -2.51. The van der Waals surface area contributed by atoms with E-state index in [1.165, 1.54) is 29.7 Å². The molecule has 0 spiro atoms. The summed E-state index contributed by atoms with van der Waals surface area (Å²) in [6.07, 6.45) is 12.0. The van der Waals surface area contributed by atoms with Gasteiger partial charge in [0, 0.05) is 13.5 Å². The molecule has 1 heterocycles. The molecule has 1 amide bonds. The van der Waals surface area contributed by atoms with Crippen LogP contribution in [0, 0.1) is 36.0 Å². The van der Waals surface area contributed by atoms with E-state index in [1.807, 2.05) is 0 Å². The maximum Gasteiger partial charge on any atom is 0.216 e. The van der Waals surface area contributed by atoms with E-state index in [0.29, 0.717) is 17.8 Å². The number of amides is 1. The number of carbonyl (C=O) groups excluding carboxylic acids is 1. The molecule has 7 atom stereocenters. The molecular weight excluding hydrogens is 422 g/mol. The Balaban J connectivity index is 1.37. The normalized spacial score (nSPS) is 37.1. The molecule has 1 aromatic heterocycles. The van der Waals surface area contributed by atoms with E-state index < -0.39 is 0 Å². The summed E-state index contributed by atoms with van der Waals surface area (Å²) in [5, 5.41) is 22.8. The lowest BCUT2D eigenvalue weighted by atomic mass is 9.47. The van der Waals surface area contributed by atoms with Crippen LogP contribution in [0.3, 0.4) is 0 Å². The second-order valence-electron chi connectivity index (χ2n) is 12.5. The van der Waals surface area contributed by atoms with Crippen molar-refractivity contribution >= 4 is 5.91 Å². The maximum absolute atomic E-state index is 11.2. The number of fused-ring (bicyclic) bond motifs is 7. The Morgan fingerprint density at radius 1 is 1.18 bits per heavy atom. The lowest BCUT2D eigenvalue weighted by Gasteiger charge is -2.57. The van der Waals surface area contributed by atoms with Gasteiger partial charge in [0.05, 0.1) is 17.5 Å². The van der Waals surface area contributed by atoms with E-state index in [9.17, 15) is 9.90 Å². The fourth-order valence-corrected chi connectivity index (χ4v) is 8.41. The largest absolute Gasteiger partial charge is 0.393 e. The first-order chi connectivity index (χ1) is 16.1. The lowest BCUT2D eigenvalue weighted by molar-refractivity contribution is -0.119. The Hall–Kier alpha value is -1.75. The summed E-state index contributed by atoms with van der Waals surface area (Å²) in [5.41, 5.74) is 7.29. The van der Waals surface area contributed by atoms with E-state index in [0.717, 1.165) is 63.1 Å². The molecular formula is C29H43N3O2. The van der Waals surface area contributed by atoms with Crippen molar-refractivity contribution < 1.29 is 9.90 Å². The summed E-state index contributed by atoms with van der Waals surface area (Å²) in [5.74, 6) is 2.55. The van der Waals surface area contributed by atoms with E-state index >= 15 is 0 Å². The summed E-state index contributed by atoms with van der Waals surface area (Å²) in [6, 6.07) is 0. The van der Waals surface area contributed by atoms with Gasteiger partial charge >= 0.3 is 0 Å². The molecule has 2 saturated carbocycles. The molecule has 2 fully saturated rings. The Kier molecular flexibility index (Phi) is 6.15. The molecule has 186 valence electrons. The fourth-order valence-electron chi connectivity index (χ4n) is 8.41. The highest BCUT2D eigenvalue weighted by Crippen LogP contribution is 2.64. The average Bonchev–Trinajstić information content (AvgIpc) is 3.11. The van der Waals surface area contributed by atoms with Crippen molar-refractivity contribution in [3.63, 3.8) is 0 Å². The minimum absolute atomic E-state index is 0.0397. The van der Waals surface area contributed by atoms with Gasteiger partial charge in [0.25, 0.3) is 0 Å². The van der Waals surface area contributed by atoms with Crippen LogP contribution in [0.2, 0.25) is 0 Å². The molecule has 0 unspecified atom stereocenters. The topological polar surface area (TPSA) is 75.1 Å². The first kappa shape index (κ1) is 24.0. The van der Waals surface area contributed by atoms with Gasteiger partial charge in [-0.15, -0.1) is 0 Å². The Morgan fingerprint density at radius 3 is 2.71 bits per heavy atom. The zero-order chi connectivity index (χ0) is 24.3. The predicted molar refractivity (Wildman–Crippen MR) is 134 cm³/mol. The van der Waals surface area contributed by atoms with Crippen molar-refractivity contribution in [2.75, 3.05) is 6.54 Å². The fraction of sp³-hybridized carbons (Fsp3) is 0.759. The Morgan fingerprint density at radius 2 is 1.94 bits per heavy atom. The van der Waals surface area contributed by atoms with Gasteiger partial charge in [0.2, 0.25) is 5.91 Å². The van der Waals surface area contributed by atoms with Crippen LogP contribution in [0.15, 0.2) is 11.6 Å². The number of rotatable bonds is 5. The summed E-state index contributed by atoms with van der Waals surface area (Å²) in [4.78, 5) is 11.2. The van der Waals surface area contributed by atoms with Crippen molar-refractivity contribution in [1.29, 1.82) is 0 Å². The standard InChI is InChI=1S/C29H43N3O2/c1-17(16-30-19(3)33)6-9-25-18(2)27-26(32-31-25)15-24-22-8-7-20-14-21(34)10-12-28(20,4)23(22)11-13-29(24,27)5/h7,17,21-24,34H,6,8-16H2,1-5H3,(H,30,33)/t17-,21+,22+,23-,24-,28+,29+/m1/s1. The first-order valence-corrected chi connectivity index (χ1v) is 13.6. The van der Waals surface area contributed by atoms with Gasteiger partial charge in [0.1, 0.15) is 0 Å². The van der Waals surface area contributed by atoms with Gasteiger partial charge in [-0.25, -0.2) is 0 Å². The molecule has 5 rings (SSSR count). The van der Waals surface area contributed by atoms with Crippen LogP contribution in [-0.2, 0) is 23.1 Å². The van der Waals surface area contributed by atoms with Crippen LogP contribution >= 0.6 is 0 Å². The predicted octanol–water partition coefficient (Wildman–Crippen LogP) is 4.83. The smallest absolute Gasteiger partial charge is 0.216 e. The third-order valence-electron chi connectivity index (χ3n) is 10.4. The van der Waals surface area contributed by atoms with Crippen molar-refractivity contribution in [2.24, 2.45) is 29.1 Å². The second-order valence-corrected chi connectivity index (χ2v) is 12.5. The summed E-state index contributed by atoms with van der Waals surface area (Å²) in [6.45, 7) is 11.8. The minimum Gasteiger partial charge on any atom is -0.393 e. The molecule has 4 aliphatic carbocycles. The van der Waals surface area contributed by atoms with Crippen LogP contribution in [0.5, 0.6) is 0 Å². The first-order valence-electron chi connectivity index (χ1n) is 13.6. The van der Waals surface area contributed by atoms with Crippen LogP contribution in [-0.4, -0.2) is 33.9 Å². The summed E-state index contributed by atoms with van der Waals surface area (Å²) >= 11 is 0. The zero-order valence-electron chi connectivity index (χ0n) is 21.8. The molecule has 0 aliphatic heterocycles. The molecule has 34 heavy (non-hydrogen) atoms. The maximum atomic E-state index is 11.2. The van der Waals surface area contributed by atoms with Gasteiger partial charge in [-0.05, 0) is 110 Å². The average molecular weight is 466 g/mol. The highest BCUT2D eigenvalue weighted by Gasteiger charge is 2.58. The van der Waals surface area contributed by atoms with Gasteiger partial charge in [0.15, 0.2) is 0 Å². The third-order valence-corrected chi connectivity index (χ3v) is 10.4. The second kappa shape index (κ2) is 8.72. The van der Waals surface area contributed by atoms with Crippen molar-refractivity contribution in [2.45, 2.75) is 104 Å². The number of nitrogens with zero attached hydrogens (tertiary/aromatic N) is 2. The molecule has 0 saturated heterocycles. The van der Waals surface area contributed by atoms with Gasteiger partial charge in [-0.2, -0.15) is 10.2 Å². The molecule has 5 heteroatoms. The van der Waals surface area contributed by atoms with Gasteiger partial charge < -0.3 is 10.4 Å². The van der Waals surface area contributed by atoms with Crippen molar-refractivity contribution in [1.82, 2.24) is 15.5 Å². The zero-order valence-corrected chi connectivity index (χ0v) is 21.8. The van der Waals surface area contributed by atoms with Gasteiger partial charge in [-0.1, -0.05) is 32.4 Å². The number of allylic oxidation sites excluding steroid dienone is 1. The molecule has 0 radical (unpaired) electrons. The van der Waals surface area contributed by atoms with E-state index in [4.69, 9.17) is 10.2 Å². The highest BCUT2D eigenvalue weighted by molar-refractivity contribution is 5.72. The molecule has 2 N–H and O–H groups in total. The number of nitrogens with one attached hydrogen (secondary N) is 1. The van der Waals surface area contributed by atoms with Crippen molar-refractivity contribution in [3.05, 3.63) is 34.2 Å². The SMILES string of the molecule is CC(=O)NC[C@H](C)CCc1nnc2c(c1C)[C@@]1(C)CC[C@@H]3[C@H](CC=C4C[C@@H](O)CC[C@@]43C)[C@H]1C2. The molecule has 0 aromatic carbocycles. The number of aliphatic hydroxyl groups excluding tert-OH is 1. The minimum atomic E-state index is -0.141. The number of aryl methyl sites for hydroxylation is 1. The van der Waals surface area contributed by atoms with Crippen LogP contribution in [0.4, 0.5) is 0 Å². The Bertz CT molecular complexity index is 1000. The number of hydrogen-bond acceptors (Lipinski definition) is 4. The Labute approximate surface area is 205 Å². The molecule has 0 bridgehead atoms. The number of aliphatic hydroxyl groups is 1. The van der Waals surface area contributed by atoms with Crippen LogP contribution < -0.4 is 5.32 Å². The quantitative estimate of drug-likeness (QED) is 0.611. The molecule has 4 aliphatic rings. The van der Waals surface area contributed by atoms with Crippen molar-refractivity contribution in [3.8, 4) is 0 Å². The molecule has 1 aromatic rings. The summed E-state index contributed by atoms with van der Waals surface area (Å²) in [7, 11) is 0. The summed E-state index contributed by atoms with van der Waals surface area (Å²) < 4.78 is 0. The highest BCUT2D eigenvalue weighted by atomic mass is 16.3. The molecule has 5 nitrogen and oxygen atoms in total. The van der Waals surface area contributed by atoms with Crippen LogP contribution in [0.1, 0.15) is 95.2 Å². The van der Waals surface area contributed by atoms with E-state index in [1.54, 1.807) is 12.5 Å². The van der Waals surface area contributed by atoms with E-state index in [-0.39, 0.29) is 22.8 Å². The number of aromatic nitrogens is 2. The van der Waals surface area contributed by atoms with Gasteiger partial charge in [-0.3, -0.25) is 4.79 Å². The van der Waals surface area contributed by atoms with Crippen LogP contribution in [0.25, 0.3) is 0 Å².